The summed E-state index contributed by atoms with van der Waals surface area (Å²) in [6.07, 6.45) is -0.912. The quantitative estimate of drug-likeness (QED) is 0.721. The van der Waals surface area contributed by atoms with Crippen molar-refractivity contribution < 1.29 is 22.7 Å². The van der Waals surface area contributed by atoms with Crippen molar-refractivity contribution in [3.8, 4) is 0 Å². The van der Waals surface area contributed by atoms with Gasteiger partial charge in [0.1, 0.15) is 12.1 Å². The number of carbonyl (C=O) groups excluding carboxylic acids is 1. The predicted octanol–water partition coefficient (Wildman–Crippen LogP) is 0.951. The Morgan fingerprint density at radius 3 is 2.22 bits per heavy atom. The molecular formula is C11H17F3N2O2. The van der Waals surface area contributed by atoms with Crippen LogP contribution in [0.4, 0.5) is 13.2 Å². The number of primary amides is 1. The van der Waals surface area contributed by atoms with Gasteiger partial charge in [-0.15, -0.1) is 0 Å². The highest BCUT2D eigenvalue weighted by Crippen LogP contribution is 2.42. The summed E-state index contributed by atoms with van der Waals surface area (Å²) >= 11 is 0. The van der Waals surface area contributed by atoms with Gasteiger partial charge in [0.15, 0.2) is 0 Å². The van der Waals surface area contributed by atoms with Crippen molar-refractivity contribution in [1.29, 1.82) is 0 Å². The van der Waals surface area contributed by atoms with Crippen LogP contribution in [-0.4, -0.2) is 36.9 Å². The third-order valence-electron chi connectivity index (χ3n) is 3.35. The minimum absolute atomic E-state index is 0.00355. The number of hydrogen-bond donors (Lipinski definition) is 2. The molecule has 0 spiro atoms. The fraction of sp³-hybridized carbons (Fsp3) is 0.909. The lowest BCUT2D eigenvalue weighted by Gasteiger charge is -2.32. The van der Waals surface area contributed by atoms with Crippen LogP contribution in [0.2, 0.25) is 0 Å². The highest BCUT2D eigenvalue weighted by Gasteiger charge is 2.52. The van der Waals surface area contributed by atoms with Crippen LogP contribution in [0.15, 0.2) is 0 Å². The monoisotopic (exact) mass is 266 g/mol. The lowest BCUT2D eigenvalue weighted by atomic mass is 9.93. The summed E-state index contributed by atoms with van der Waals surface area (Å²) in [6.45, 7) is -1.65. The third-order valence-corrected chi connectivity index (χ3v) is 3.35. The maximum atomic E-state index is 12.1. The van der Waals surface area contributed by atoms with Gasteiger partial charge in [0.2, 0.25) is 5.91 Å². The van der Waals surface area contributed by atoms with Gasteiger partial charge in [0.25, 0.3) is 0 Å². The predicted molar refractivity (Wildman–Crippen MR) is 57.7 cm³/mol. The fourth-order valence-corrected chi connectivity index (χ4v) is 2.12. The second-order valence-corrected chi connectivity index (χ2v) is 5.14. The first-order valence-corrected chi connectivity index (χ1v) is 6.05. The maximum Gasteiger partial charge on any atom is 0.411 e. The molecule has 1 amide bonds. The zero-order valence-electron chi connectivity index (χ0n) is 9.93. The first-order chi connectivity index (χ1) is 8.33. The molecule has 2 fully saturated rings. The molecule has 0 radical (unpaired) electrons. The summed E-state index contributed by atoms with van der Waals surface area (Å²) in [4.78, 5) is 11.6. The zero-order valence-corrected chi connectivity index (χ0v) is 9.93. The number of halogens is 3. The van der Waals surface area contributed by atoms with E-state index < -0.39 is 24.2 Å². The topological polar surface area (TPSA) is 64.4 Å². The van der Waals surface area contributed by atoms with Gasteiger partial charge in [-0.3, -0.25) is 10.1 Å². The SMILES string of the molecule is NC(=O)C(COCC(F)(F)F)(NC1CC1)C1CC1. The van der Waals surface area contributed by atoms with Crippen molar-refractivity contribution in [2.75, 3.05) is 13.2 Å². The molecule has 0 heterocycles. The van der Waals surface area contributed by atoms with E-state index >= 15 is 0 Å². The van der Waals surface area contributed by atoms with E-state index in [4.69, 9.17) is 5.73 Å². The molecular weight excluding hydrogens is 249 g/mol. The molecule has 0 saturated heterocycles. The minimum atomic E-state index is -4.38. The van der Waals surface area contributed by atoms with E-state index in [9.17, 15) is 18.0 Å². The first-order valence-electron chi connectivity index (χ1n) is 6.05. The summed E-state index contributed by atoms with van der Waals surface area (Å²) in [5, 5.41) is 3.09. The van der Waals surface area contributed by atoms with E-state index in [-0.39, 0.29) is 18.6 Å². The van der Waals surface area contributed by atoms with Gasteiger partial charge >= 0.3 is 6.18 Å². The molecule has 7 heteroatoms. The van der Waals surface area contributed by atoms with Gasteiger partial charge in [-0.2, -0.15) is 13.2 Å². The zero-order chi connectivity index (χ0) is 13.4. The molecule has 0 aromatic rings. The van der Waals surface area contributed by atoms with E-state index in [0.29, 0.717) is 0 Å². The van der Waals surface area contributed by atoms with Crippen molar-refractivity contribution in [2.45, 2.75) is 43.4 Å². The van der Waals surface area contributed by atoms with Gasteiger partial charge in [0.05, 0.1) is 6.61 Å². The van der Waals surface area contributed by atoms with Crippen LogP contribution in [0.1, 0.15) is 25.7 Å². The van der Waals surface area contributed by atoms with Crippen molar-refractivity contribution in [3.63, 3.8) is 0 Å². The third kappa shape index (κ3) is 3.35. The first kappa shape index (κ1) is 13.6. The highest BCUT2D eigenvalue weighted by molar-refractivity contribution is 5.86. The van der Waals surface area contributed by atoms with Crippen LogP contribution in [-0.2, 0) is 9.53 Å². The number of rotatable bonds is 7. The Labute approximate surface area is 103 Å². The number of amides is 1. The van der Waals surface area contributed by atoms with Crippen LogP contribution in [0.3, 0.4) is 0 Å². The van der Waals surface area contributed by atoms with Crippen molar-refractivity contribution in [3.05, 3.63) is 0 Å². The van der Waals surface area contributed by atoms with E-state index in [1.165, 1.54) is 0 Å². The summed E-state index contributed by atoms with van der Waals surface area (Å²) in [6, 6.07) is 0.188. The molecule has 0 aromatic heterocycles. The van der Waals surface area contributed by atoms with Gasteiger partial charge in [-0.25, -0.2) is 0 Å². The van der Waals surface area contributed by atoms with E-state index in [0.717, 1.165) is 25.7 Å². The molecule has 2 aliphatic carbocycles. The van der Waals surface area contributed by atoms with Crippen molar-refractivity contribution in [2.24, 2.45) is 11.7 Å². The van der Waals surface area contributed by atoms with Crippen LogP contribution in [0, 0.1) is 5.92 Å². The number of hydrogen-bond acceptors (Lipinski definition) is 3. The maximum absolute atomic E-state index is 12.1. The standard InChI is InChI=1S/C11H17F3N2O2/c12-11(13,14)6-18-5-10(9(15)17,7-1-2-7)16-8-3-4-8/h7-8,16H,1-6H2,(H2,15,17). The number of nitrogens with two attached hydrogens (primary N) is 1. The minimum Gasteiger partial charge on any atom is -0.370 e. The Morgan fingerprint density at radius 1 is 1.22 bits per heavy atom. The lowest BCUT2D eigenvalue weighted by Crippen LogP contribution is -2.61. The molecule has 104 valence electrons. The normalized spacial score (nSPS) is 23.7. The molecule has 18 heavy (non-hydrogen) atoms. The molecule has 1 atom stereocenters. The second kappa shape index (κ2) is 4.70. The molecule has 2 saturated carbocycles. The van der Waals surface area contributed by atoms with Crippen molar-refractivity contribution >= 4 is 5.91 Å². The average molecular weight is 266 g/mol. The molecule has 3 N–H and O–H groups in total. The lowest BCUT2D eigenvalue weighted by molar-refractivity contribution is -0.180. The molecule has 2 aliphatic rings. The second-order valence-electron chi connectivity index (χ2n) is 5.14. The van der Waals surface area contributed by atoms with Crippen molar-refractivity contribution in [1.82, 2.24) is 5.32 Å². The molecule has 0 aromatic carbocycles. The summed E-state index contributed by atoms with van der Waals surface area (Å²) < 4.78 is 40.9. The Kier molecular flexibility index (Phi) is 3.55. The Morgan fingerprint density at radius 2 is 1.83 bits per heavy atom. The van der Waals surface area contributed by atoms with Crippen LogP contribution < -0.4 is 11.1 Å². The van der Waals surface area contributed by atoms with Gasteiger partial charge in [0, 0.05) is 6.04 Å². The Hall–Kier alpha value is -0.820. The van der Waals surface area contributed by atoms with E-state index in [1.54, 1.807) is 0 Å². The van der Waals surface area contributed by atoms with Gasteiger partial charge in [-0.05, 0) is 31.6 Å². The molecule has 1 unspecified atom stereocenters. The molecule has 4 nitrogen and oxygen atoms in total. The Bertz CT molecular complexity index is 327. The summed E-state index contributed by atoms with van der Waals surface area (Å²) in [7, 11) is 0. The number of carbonyl (C=O) groups is 1. The van der Waals surface area contributed by atoms with E-state index in [2.05, 4.69) is 10.1 Å². The van der Waals surface area contributed by atoms with Crippen LogP contribution in [0.5, 0.6) is 0 Å². The van der Waals surface area contributed by atoms with Gasteiger partial charge in [-0.1, -0.05) is 0 Å². The number of nitrogens with one attached hydrogen (secondary N) is 1. The van der Waals surface area contributed by atoms with Crippen LogP contribution >= 0.6 is 0 Å². The Balaban J connectivity index is 1.96. The summed E-state index contributed by atoms with van der Waals surface area (Å²) in [5.41, 5.74) is 4.26. The van der Waals surface area contributed by atoms with Crippen LogP contribution in [0.25, 0.3) is 0 Å². The number of ether oxygens (including phenoxy) is 1. The fourth-order valence-electron chi connectivity index (χ4n) is 2.12. The number of alkyl halides is 3. The highest BCUT2D eigenvalue weighted by atomic mass is 19.4. The molecule has 0 bridgehead atoms. The smallest absolute Gasteiger partial charge is 0.370 e. The largest absolute Gasteiger partial charge is 0.411 e. The summed E-state index contributed by atoms with van der Waals surface area (Å²) in [5.74, 6) is -0.608. The molecule has 2 rings (SSSR count). The molecule has 0 aliphatic heterocycles. The average Bonchev–Trinajstić information content (AvgIpc) is 3.08. The van der Waals surface area contributed by atoms with Gasteiger partial charge < -0.3 is 10.5 Å². The van der Waals surface area contributed by atoms with E-state index in [1.807, 2.05) is 0 Å².